The maximum Gasteiger partial charge on any atom is 0.299 e. The predicted octanol–water partition coefficient (Wildman–Crippen LogP) is 2.09. The van der Waals surface area contributed by atoms with Gasteiger partial charge in [-0.25, -0.2) is 0 Å². The lowest BCUT2D eigenvalue weighted by atomic mass is 10.1. The van der Waals surface area contributed by atoms with E-state index >= 15 is 0 Å². The van der Waals surface area contributed by atoms with E-state index in [0.29, 0.717) is 16.3 Å². The number of rotatable bonds is 3. The van der Waals surface area contributed by atoms with E-state index in [1.165, 1.54) is 17.0 Å². The van der Waals surface area contributed by atoms with E-state index in [4.69, 9.17) is 11.6 Å². The molecule has 0 fully saturated rings. The Morgan fingerprint density at radius 1 is 1.24 bits per heavy atom. The van der Waals surface area contributed by atoms with Crippen LogP contribution in [0.4, 0.5) is 5.69 Å². The van der Waals surface area contributed by atoms with Crippen LogP contribution in [-0.4, -0.2) is 28.6 Å². The number of fused-ring (bicyclic) bond motifs is 1. The summed E-state index contributed by atoms with van der Waals surface area (Å²) in [6.07, 6.45) is 3.42. The van der Waals surface area contributed by atoms with Gasteiger partial charge >= 0.3 is 0 Å². The van der Waals surface area contributed by atoms with Gasteiger partial charge in [-0.2, -0.15) is 0 Å². The van der Waals surface area contributed by atoms with Crippen molar-refractivity contribution in [2.75, 3.05) is 11.4 Å². The molecule has 2 heterocycles. The minimum absolute atomic E-state index is 0.179. The molecule has 0 saturated carbocycles. The zero-order chi connectivity index (χ0) is 15.1. The fourth-order valence-corrected chi connectivity index (χ4v) is 2.49. The second-order valence-corrected chi connectivity index (χ2v) is 5.31. The van der Waals surface area contributed by atoms with Gasteiger partial charge in [0.1, 0.15) is 0 Å². The van der Waals surface area contributed by atoms with Crippen LogP contribution in [0.3, 0.4) is 0 Å². The molecule has 0 bridgehead atoms. The van der Waals surface area contributed by atoms with Crippen molar-refractivity contribution in [3.05, 3.63) is 52.8 Å². The van der Waals surface area contributed by atoms with Gasteiger partial charge in [0.2, 0.25) is 0 Å². The van der Waals surface area contributed by atoms with Crippen molar-refractivity contribution >= 4 is 34.8 Å². The number of aryl methyl sites for hydroxylation is 1. The van der Waals surface area contributed by atoms with E-state index in [1.807, 2.05) is 0 Å². The maximum absolute atomic E-state index is 12.2. The number of ketones is 2. The van der Waals surface area contributed by atoms with E-state index in [-0.39, 0.29) is 17.9 Å². The van der Waals surface area contributed by atoms with Crippen LogP contribution in [0.25, 0.3) is 0 Å². The molecule has 1 aromatic heterocycles. The molecule has 1 aliphatic rings. The minimum Gasteiger partial charge on any atom is -0.357 e. The Balaban J connectivity index is 1.93. The molecule has 6 heteroatoms. The topological polar surface area (TPSA) is 59.4 Å². The van der Waals surface area contributed by atoms with Gasteiger partial charge in [-0.3, -0.25) is 19.3 Å². The number of carbonyl (C=O) groups is 3. The standard InChI is InChI=1S/C15H11ClN2O3/c1-17-5-4-9(7-17)13(19)8-18-12-6-10(16)2-3-11(12)14(20)15(18)21/h2-7H,8H2,1H3. The summed E-state index contributed by atoms with van der Waals surface area (Å²) in [6.45, 7) is -0.179. The second kappa shape index (κ2) is 4.86. The summed E-state index contributed by atoms with van der Waals surface area (Å²) in [5, 5.41) is 0.411. The van der Waals surface area contributed by atoms with Crippen molar-refractivity contribution < 1.29 is 14.4 Å². The molecule has 2 aromatic rings. The van der Waals surface area contributed by atoms with Crippen molar-refractivity contribution in [2.45, 2.75) is 0 Å². The highest BCUT2D eigenvalue weighted by atomic mass is 35.5. The van der Waals surface area contributed by atoms with Gasteiger partial charge in [0.25, 0.3) is 11.7 Å². The molecular weight excluding hydrogens is 292 g/mol. The predicted molar refractivity (Wildman–Crippen MR) is 77.9 cm³/mol. The third-order valence-electron chi connectivity index (χ3n) is 3.39. The smallest absolute Gasteiger partial charge is 0.299 e. The molecule has 0 spiro atoms. The number of hydrogen-bond donors (Lipinski definition) is 0. The summed E-state index contributed by atoms with van der Waals surface area (Å²) in [6, 6.07) is 6.25. The molecule has 0 unspecified atom stereocenters. The quantitative estimate of drug-likeness (QED) is 0.644. The lowest BCUT2D eigenvalue weighted by Gasteiger charge is -2.15. The van der Waals surface area contributed by atoms with E-state index in [0.717, 1.165) is 0 Å². The molecule has 5 nitrogen and oxygen atoms in total. The Morgan fingerprint density at radius 2 is 2.00 bits per heavy atom. The fraction of sp³-hybridized carbons (Fsp3) is 0.133. The summed E-state index contributed by atoms with van der Waals surface area (Å²) in [7, 11) is 1.80. The molecule has 21 heavy (non-hydrogen) atoms. The molecule has 0 atom stereocenters. The number of aromatic nitrogens is 1. The molecule has 1 amide bonds. The van der Waals surface area contributed by atoms with Gasteiger partial charge in [0.05, 0.1) is 17.8 Å². The number of nitrogens with zero attached hydrogens (tertiary/aromatic N) is 2. The number of amides is 1. The highest BCUT2D eigenvalue weighted by Crippen LogP contribution is 2.31. The fourth-order valence-electron chi connectivity index (χ4n) is 2.33. The number of anilines is 1. The third-order valence-corrected chi connectivity index (χ3v) is 3.63. The molecule has 1 aromatic carbocycles. The van der Waals surface area contributed by atoms with Crippen LogP contribution in [0, 0.1) is 0 Å². The number of hydrogen-bond acceptors (Lipinski definition) is 3. The monoisotopic (exact) mass is 302 g/mol. The average molecular weight is 303 g/mol. The minimum atomic E-state index is -0.698. The molecule has 0 aliphatic carbocycles. The Morgan fingerprint density at radius 3 is 2.67 bits per heavy atom. The largest absolute Gasteiger partial charge is 0.357 e. The lowest BCUT2D eigenvalue weighted by molar-refractivity contribution is -0.114. The van der Waals surface area contributed by atoms with Crippen molar-refractivity contribution in [2.24, 2.45) is 7.05 Å². The van der Waals surface area contributed by atoms with E-state index in [1.54, 1.807) is 36.1 Å². The first kappa shape index (κ1) is 13.6. The highest BCUT2D eigenvalue weighted by Gasteiger charge is 2.37. The Kier molecular flexibility index (Phi) is 3.14. The van der Waals surface area contributed by atoms with Crippen molar-refractivity contribution in [3.8, 4) is 0 Å². The zero-order valence-electron chi connectivity index (χ0n) is 11.2. The van der Waals surface area contributed by atoms with Gasteiger partial charge in [-0.15, -0.1) is 0 Å². The second-order valence-electron chi connectivity index (χ2n) is 4.87. The summed E-state index contributed by atoms with van der Waals surface area (Å²) in [4.78, 5) is 37.3. The molecule has 0 N–H and O–H groups in total. The lowest BCUT2D eigenvalue weighted by Crippen LogP contribution is -2.34. The third kappa shape index (κ3) is 2.25. The van der Waals surface area contributed by atoms with E-state index < -0.39 is 11.7 Å². The van der Waals surface area contributed by atoms with Crippen LogP contribution in [0.5, 0.6) is 0 Å². The van der Waals surface area contributed by atoms with Gasteiger partial charge in [-0.05, 0) is 24.3 Å². The Hall–Kier alpha value is -2.40. The molecule has 1 aliphatic heterocycles. The number of benzene rings is 1. The molecule has 0 radical (unpaired) electrons. The summed E-state index contributed by atoms with van der Waals surface area (Å²) < 4.78 is 1.75. The van der Waals surface area contributed by atoms with Crippen LogP contribution in [0.2, 0.25) is 5.02 Å². The van der Waals surface area contributed by atoms with Crippen molar-refractivity contribution in [1.29, 1.82) is 0 Å². The van der Waals surface area contributed by atoms with Crippen molar-refractivity contribution in [1.82, 2.24) is 4.57 Å². The van der Waals surface area contributed by atoms with Crippen LogP contribution in [0.15, 0.2) is 36.7 Å². The molecule has 106 valence electrons. The Labute approximate surface area is 125 Å². The van der Waals surface area contributed by atoms with Crippen LogP contribution in [-0.2, 0) is 11.8 Å². The number of carbonyl (C=O) groups excluding carboxylic acids is 3. The van der Waals surface area contributed by atoms with Crippen LogP contribution >= 0.6 is 11.6 Å². The van der Waals surface area contributed by atoms with Gasteiger partial charge in [0, 0.05) is 30.0 Å². The average Bonchev–Trinajstić information content (AvgIpc) is 2.97. The summed E-state index contributed by atoms with van der Waals surface area (Å²) in [5.41, 5.74) is 1.17. The maximum atomic E-state index is 12.2. The molecular formula is C15H11ClN2O3. The number of halogens is 1. The van der Waals surface area contributed by atoms with Gasteiger partial charge in [0.15, 0.2) is 5.78 Å². The van der Waals surface area contributed by atoms with E-state index in [9.17, 15) is 14.4 Å². The zero-order valence-corrected chi connectivity index (χ0v) is 11.9. The molecule has 3 rings (SSSR count). The van der Waals surface area contributed by atoms with Crippen molar-refractivity contribution in [3.63, 3.8) is 0 Å². The van der Waals surface area contributed by atoms with Gasteiger partial charge < -0.3 is 4.57 Å². The first-order chi connectivity index (χ1) is 9.97. The first-order valence-corrected chi connectivity index (χ1v) is 6.66. The summed E-state index contributed by atoms with van der Waals surface area (Å²) >= 11 is 5.90. The van der Waals surface area contributed by atoms with Gasteiger partial charge in [-0.1, -0.05) is 11.6 Å². The Bertz CT molecular complexity index is 779. The normalized spacial score (nSPS) is 13.7. The SMILES string of the molecule is Cn1ccc(C(=O)CN2C(=O)C(=O)c3ccc(Cl)cc32)c1. The van der Waals surface area contributed by atoms with Crippen LogP contribution < -0.4 is 4.90 Å². The van der Waals surface area contributed by atoms with E-state index in [2.05, 4.69) is 0 Å². The number of Topliss-reactive ketones (excluding diaryl/α,β-unsaturated/α-hetero) is 2. The van der Waals surface area contributed by atoms with Crippen LogP contribution in [0.1, 0.15) is 20.7 Å². The molecule has 0 saturated heterocycles. The summed E-state index contributed by atoms with van der Waals surface area (Å²) in [5.74, 6) is -1.54. The highest BCUT2D eigenvalue weighted by molar-refractivity contribution is 6.53. The first-order valence-electron chi connectivity index (χ1n) is 6.28.